The molecule has 2 aromatic rings. The average Bonchev–Trinajstić information content (AvgIpc) is 2.54. The van der Waals surface area contributed by atoms with E-state index in [4.69, 9.17) is 4.74 Å². The Hall–Kier alpha value is -1.45. The lowest BCUT2D eigenvalue weighted by Gasteiger charge is -2.19. The fourth-order valence-corrected chi connectivity index (χ4v) is 3.01. The van der Waals surface area contributed by atoms with Crippen molar-refractivity contribution in [3.8, 4) is 5.75 Å². The Morgan fingerprint density at radius 3 is 2.00 bits per heavy atom. The average molecular weight is 301 g/mol. The van der Waals surface area contributed by atoms with Gasteiger partial charge in [-0.05, 0) is 47.7 Å². The first kappa shape index (κ1) is 15.9. The van der Waals surface area contributed by atoms with Crippen LogP contribution in [0.2, 0.25) is 0 Å². The highest BCUT2D eigenvalue weighted by Crippen LogP contribution is 2.26. The van der Waals surface area contributed by atoms with Crippen LogP contribution < -0.4 is 10.1 Å². The van der Waals surface area contributed by atoms with Gasteiger partial charge in [0.2, 0.25) is 0 Å². The molecule has 0 amide bonds. The zero-order chi connectivity index (χ0) is 15.1. The highest BCUT2D eigenvalue weighted by molar-refractivity contribution is 7.99. The zero-order valence-electron chi connectivity index (χ0n) is 12.9. The number of nitrogens with one attached hydrogen (secondary N) is 1. The van der Waals surface area contributed by atoms with Gasteiger partial charge < -0.3 is 10.1 Å². The predicted molar refractivity (Wildman–Crippen MR) is 91.4 cm³/mol. The molecule has 2 rings (SSSR count). The lowest BCUT2D eigenvalue weighted by molar-refractivity contribution is 0.414. The van der Waals surface area contributed by atoms with Gasteiger partial charge in [0.25, 0.3) is 0 Å². The van der Waals surface area contributed by atoms with E-state index in [1.165, 1.54) is 16.0 Å². The summed E-state index contributed by atoms with van der Waals surface area (Å²) < 4.78 is 5.23. The van der Waals surface area contributed by atoms with Crippen LogP contribution in [0, 0.1) is 0 Å². The predicted octanol–water partition coefficient (Wildman–Crippen LogP) is 4.51. The van der Waals surface area contributed by atoms with Gasteiger partial charge in [0, 0.05) is 4.90 Å². The van der Waals surface area contributed by atoms with Crippen molar-refractivity contribution in [2.24, 2.45) is 0 Å². The van der Waals surface area contributed by atoms with E-state index in [0.29, 0.717) is 0 Å². The lowest BCUT2D eigenvalue weighted by Crippen LogP contribution is -2.21. The molecular formula is C18H23NOS. The maximum atomic E-state index is 5.23. The fourth-order valence-electron chi connectivity index (χ4n) is 2.35. The SMILES string of the molecule is CCNC(c1ccc(OC)cc1)c1ccc(SCC)cc1. The summed E-state index contributed by atoms with van der Waals surface area (Å²) in [6.45, 7) is 5.25. The minimum Gasteiger partial charge on any atom is -0.497 e. The Kier molecular flexibility index (Phi) is 6.15. The van der Waals surface area contributed by atoms with Gasteiger partial charge in [0.1, 0.15) is 5.75 Å². The molecule has 2 aromatic carbocycles. The lowest BCUT2D eigenvalue weighted by atomic mass is 9.98. The molecule has 0 saturated heterocycles. The van der Waals surface area contributed by atoms with Crippen LogP contribution in [-0.2, 0) is 0 Å². The summed E-state index contributed by atoms with van der Waals surface area (Å²) in [6.07, 6.45) is 0. The molecular weight excluding hydrogens is 278 g/mol. The number of rotatable bonds is 7. The summed E-state index contributed by atoms with van der Waals surface area (Å²) in [5.74, 6) is 2.00. The smallest absolute Gasteiger partial charge is 0.118 e. The highest BCUT2D eigenvalue weighted by atomic mass is 32.2. The summed E-state index contributed by atoms with van der Waals surface area (Å²) in [6, 6.07) is 17.4. The maximum Gasteiger partial charge on any atom is 0.118 e. The molecule has 0 spiro atoms. The Bertz CT molecular complexity index is 536. The molecule has 0 saturated carbocycles. The molecule has 2 nitrogen and oxygen atoms in total. The van der Waals surface area contributed by atoms with Crippen molar-refractivity contribution in [3.05, 3.63) is 59.7 Å². The number of hydrogen-bond donors (Lipinski definition) is 1. The van der Waals surface area contributed by atoms with Gasteiger partial charge >= 0.3 is 0 Å². The zero-order valence-corrected chi connectivity index (χ0v) is 13.7. The molecule has 0 bridgehead atoms. The van der Waals surface area contributed by atoms with E-state index in [-0.39, 0.29) is 6.04 Å². The molecule has 0 aromatic heterocycles. The third kappa shape index (κ3) is 4.26. The van der Waals surface area contributed by atoms with Crippen molar-refractivity contribution < 1.29 is 4.74 Å². The van der Waals surface area contributed by atoms with Gasteiger partial charge in [0.15, 0.2) is 0 Å². The van der Waals surface area contributed by atoms with Crippen molar-refractivity contribution in [2.45, 2.75) is 24.8 Å². The van der Waals surface area contributed by atoms with E-state index in [2.05, 4.69) is 55.6 Å². The summed E-state index contributed by atoms with van der Waals surface area (Å²) in [7, 11) is 1.70. The van der Waals surface area contributed by atoms with Crippen LogP contribution in [0.15, 0.2) is 53.4 Å². The number of benzene rings is 2. The van der Waals surface area contributed by atoms with Gasteiger partial charge in [-0.15, -0.1) is 11.8 Å². The molecule has 3 heteroatoms. The van der Waals surface area contributed by atoms with Crippen LogP contribution in [0.4, 0.5) is 0 Å². The summed E-state index contributed by atoms with van der Waals surface area (Å²) in [5, 5.41) is 3.56. The van der Waals surface area contributed by atoms with Crippen molar-refractivity contribution >= 4 is 11.8 Å². The molecule has 0 aliphatic carbocycles. The molecule has 1 N–H and O–H groups in total. The minimum atomic E-state index is 0.224. The third-order valence-corrected chi connectivity index (χ3v) is 4.28. The molecule has 1 atom stereocenters. The standard InChI is InChI=1S/C18H23NOS/c1-4-19-18(14-6-10-16(20-3)11-7-14)15-8-12-17(13-9-15)21-5-2/h6-13,18-19H,4-5H2,1-3H3. The summed E-state index contributed by atoms with van der Waals surface area (Å²) >= 11 is 1.87. The fraction of sp³-hybridized carbons (Fsp3) is 0.333. The van der Waals surface area contributed by atoms with Crippen LogP contribution in [0.5, 0.6) is 5.75 Å². The van der Waals surface area contributed by atoms with E-state index in [1.807, 2.05) is 23.9 Å². The quantitative estimate of drug-likeness (QED) is 0.760. The van der Waals surface area contributed by atoms with E-state index in [0.717, 1.165) is 18.0 Å². The minimum absolute atomic E-state index is 0.224. The normalized spacial score (nSPS) is 12.1. The summed E-state index contributed by atoms with van der Waals surface area (Å²) in [5.41, 5.74) is 2.55. The molecule has 21 heavy (non-hydrogen) atoms. The molecule has 0 aliphatic heterocycles. The monoisotopic (exact) mass is 301 g/mol. The van der Waals surface area contributed by atoms with Crippen LogP contribution >= 0.6 is 11.8 Å². The number of hydrogen-bond acceptors (Lipinski definition) is 3. The van der Waals surface area contributed by atoms with Crippen LogP contribution in [0.3, 0.4) is 0 Å². The van der Waals surface area contributed by atoms with E-state index < -0.39 is 0 Å². The van der Waals surface area contributed by atoms with Crippen molar-refractivity contribution in [1.29, 1.82) is 0 Å². The number of thioether (sulfide) groups is 1. The Balaban J connectivity index is 2.24. The van der Waals surface area contributed by atoms with E-state index in [9.17, 15) is 0 Å². The molecule has 1 unspecified atom stereocenters. The second-order valence-electron chi connectivity index (χ2n) is 4.77. The van der Waals surface area contributed by atoms with Crippen molar-refractivity contribution in [3.63, 3.8) is 0 Å². The summed E-state index contributed by atoms with van der Waals surface area (Å²) in [4.78, 5) is 1.33. The first-order chi connectivity index (χ1) is 10.3. The second kappa shape index (κ2) is 8.11. The van der Waals surface area contributed by atoms with Crippen molar-refractivity contribution in [2.75, 3.05) is 19.4 Å². The first-order valence-electron chi connectivity index (χ1n) is 7.38. The van der Waals surface area contributed by atoms with Gasteiger partial charge in [-0.3, -0.25) is 0 Å². The van der Waals surface area contributed by atoms with E-state index in [1.54, 1.807) is 7.11 Å². The first-order valence-corrected chi connectivity index (χ1v) is 8.37. The van der Waals surface area contributed by atoms with Gasteiger partial charge in [0.05, 0.1) is 13.2 Å². The van der Waals surface area contributed by atoms with Gasteiger partial charge in [-0.25, -0.2) is 0 Å². The topological polar surface area (TPSA) is 21.3 Å². The van der Waals surface area contributed by atoms with Gasteiger partial charge in [-0.2, -0.15) is 0 Å². The Morgan fingerprint density at radius 2 is 1.52 bits per heavy atom. The Morgan fingerprint density at radius 1 is 0.952 bits per heavy atom. The van der Waals surface area contributed by atoms with Crippen LogP contribution in [0.25, 0.3) is 0 Å². The second-order valence-corrected chi connectivity index (χ2v) is 6.10. The van der Waals surface area contributed by atoms with Crippen LogP contribution in [-0.4, -0.2) is 19.4 Å². The molecule has 0 heterocycles. The number of ether oxygens (including phenoxy) is 1. The Labute approximate surface area is 131 Å². The number of methoxy groups -OCH3 is 1. The molecule has 0 radical (unpaired) electrons. The van der Waals surface area contributed by atoms with E-state index >= 15 is 0 Å². The molecule has 0 fully saturated rings. The molecule has 112 valence electrons. The van der Waals surface area contributed by atoms with Gasteiger partial charge in [-0.1, -0.05) is 38.1 Å². The largest absolute Gasteiger partial charge is 0.497 e. The third-order valence-electron chi connectivity index (χ3n) is 3.38. The van der Waals surface area contributed by atoms with Crippen molar-refractivity contribution in [1.82, 2.24) is 5.32 Å². The molecule has 0 aliphatic rings. The van der Waals surface area contributed by atoms with Crippen LogP contribution in [0.1, 0.15) is 31.0 Å². The maximum absolute atomic E-state index is 5.23. The highest BCUT2D eigenvalue weighted by Gasteiger charge is 2.12.